The van der Waals surface area contributed by atoms with Gasteiger partial charge < -0.3 is 15.8 Å². The van der Waals surface area contributed by atoms with E-state index in [4.69, 9.17) is 10.5 Å². The molecule has 0 radical (unpaired) electrons. The highest BCUT2D eigenvalue weighted by molar-refractivity contribution is 9.10. The standard InChI is InChI=1S/C12H17BrN2O2/c1-6-7(2)11(17-4)9(5-15-12(14)16)8(3)10(6)13/h5H2,1-4H3,(H3,14,15,16). The lowest BCUT2D eigenvalue weighted by Gasteiger charge is -2.18. The number of primary amides is 1. The molecule has 0 aliphatic heterocycles. The van der Waals surface area contributed by atoms with Crippen LogP contribution < -0.4 is 15.8 Å². The summed E-state index contributed by atoms with van der Waals surface area (Å²) in [7, 11) is 1.63. The molecule has 0 aromatic heterocycles. The van der Waals surface area contributed by atoms with Gasteiger partial charge in [0.25, 0.3) is 0 Å². The molecule has 4 nitrogen and oxygen atoms in total. The quantitative estimate of drug-likeness (QED) is 0.901. The fraction of sp³-hybridized carbons (Fsp3) is 0.417. The van der Waals surface area contributed by atoms with Crippen molar-refractivity contribution in [1.82, 2.24) is 5.32 Å². The van der Waals surface area contributed by atoms with Crippen LogP contribution >= 0.6 is 15.9 Å². The minimum atomic E-state index is -0.541. The van der Waals surface area contributed by atoms with Gasteiger partial charge in [-0.25, -0.2) is 4.79 Å². The number of ether oxygens (including phenoxy) is 1. The molecular weight excluding hydrogens is 284 g/mol. The average Bonchev–Trinajstić information content (AvgIpc) is 2.29. The van der Waals surface area contributed by atoms with E-state index in [-0.39, 0.29) is 0 Å². The minimum absolute atomic E-state index is 0.365. The van der Waals surface area contributed by atoms with Gasteiger partial charge in [0.2, 0.25) is 0 Å². The van der Waals surface area contributed by atoms with Crippen LogP contribution in [0.1, 0.15) is 22.3 Å². The number of rotatable bonds is 3. The number of nitrogens with two attached hydrogens (primary N) is 1. The monoisotopic (exact) mass is 300 g/mol. The number of carbonyl (C=O) groups excluding carboxylic acids is 1. The third kappa shape index (κ3) is 2.72. The van der Waals surface area contributed by atoms with Crippen LogP contribution in [0.15, 0.2) is 4.47 Å². The van der Waals surface area contributed by atoms with Crippen molar-refractivity contribution in [2.45, 2.75) is 27.3 Å². The summed E-state index contributed by atoms with van der Waals surface area (Å²) >= 11 is 3.55. The summed E-state index contributed by atoms with van der Waals surface area (Å²) in [4.78, 5) is 10.8. The fourth-order valence-electron chi connectivity index (χ4n) is 1.81. The number of hydrogen-bond donors (Lipinski definition) is 2. The highest BCUT2D eigenvalue weighted by Gasteiger charge is 2.16. The third-order valence-corrected chi connectivity index (χ3v) is 4.12. The maximum absolute atomic E-state index is 10.8. The largest absolute Gasteiger partial charge is 0.496 e. The van der Waals surface area contributed by atoms with E-state index in [1.54, 1.807) is 7.11 Å². The van der Waals surface area contributed by atoms with Crippen LogP contribution in [0.5, 0.6) is 5.75 Å². The van der Waals surface area contributed by atoms with E-state index in [0.29, 0.717) is 6.54 Å². The lowest BCUT2D eigenvalue weighted by molar-refractivity contribution is 0.248. The smallest absolute Gasteiger partial charge is 0.312 e. The molecule has 0 unspecified atom stereocenters. The van der Waals surface area contributed by atoms with Crippen LogP contribution in [-0.4, -0.2) is 13.1 Å². The first-order valence-corrected chi connectivity index (χ1v) is 6.04. The maximum Gasteiger partial charge on any atom is 0.312 e. The first kappa shape index (κ1) is 13.8. The lowest BCUT2D eigenvalue weighted by atomic mass is 9.99. The topological polar surface area (TPSA) is 64.3 Å². The fourth-order valence-corrected chi connectivity index (χ4v) is 2.35. The zero-order valence-electron chi connectivity index (χ0n) is 10.5. The number of hydrogen-bond acceptors (Lipinski definition) is 2. The zero-order valence-corrected chi connectivity index (χ0v) is 12.1. The maximum atomic E-state index is 10.8. The highest BCUT2D eigenvalue weighted by Crippen LogP contribution is 2.35. The summed E-state index contributed by atoms with van der Waals surface area (Å²) < 4.78 is 6.45. The Bertz CT molecular complexity index is 459. The molecular formula is C12H17BrN2O2. The van der Waals surface area contributed by atoms with Crippen LogP contribution in [0.4, 0.5) is 4.79 Å². The number of urea groups is 1. The van der Waals surface area contributed by atoms with Crippen molar-refractivity contribution >= 4 is 22.0 Å². The molecule has 3 N–H and O–H groups in total. The van der Waals surface area contributed by atoms with Gasteiger partial charge in [-0.2, -0.15) is 0 Å². The predicted molar refractivity (Wildman–Crippen MR) is 71.3 cm³/mol. The van der Waals surface area contributed by atoms with Crippen LogP contribution in [0, 0.1) is 20.8 Å². The molecule has 0 atom stereocenters. The van der Waals surface area contributed by atoms with E-state index >= 15 is 0 Å². The Morgan fingerprint density at radius 1 is 1.29 bits per heavy atom. The van der Waals surface area contributed by atoms with E-state index in [0.717, 1.165) is 32.5 Å². The van der Waals surface area contributed by atoms with Crippen LogP contribution in [0.2, 0.25) is 0 Å². The Labute approximate surface area is 110 Å². The zero-order chi connectivity index (χ0) is 13.2. The van der Waals surface area contributed by atoms with Crippen LogP contribution in [0.25, 0.3) is 0 Å². The van der Waals surface area contributed by atoms with Gasteiger partial charge in [-0.3, -0.25) is 0 Å². The van der Waals surface area contributed by atoms with Crippen molar-refractivity contribution in [3.8, 4) is 5.75 Å². The number of nitrogens with one attached hydrogen (secondary N) is 1. The average molecular weight is 301 g/mol. The van der Waals surface area contributed by atoms with Gasteiger partial charge in [-0.1, -0.05) is 15.9 Å². The molecule has 0 aliphatic rings. The van der Waals surface area contributed by atoms with Crippen molar-refractivity contribution in [2.24, 2.45) is 5.73 Å². The minimum Gasteiger partial charge on any atom is -0.496 e. The number of amides is 2. The number of carbonyl (C=O) groups is 1. The summed E-state index contributed by atoms with van der Waals surface area (Å²) in [5, 5.41) is 2.59. The van der Waals surface area contributed by atoms with E-state index < -0.39 is 6.03 Å². The second-order valence-corrected chi connectivity index (χ2v) is 4.71. The SMILES string of the molecule is COc1c(C)c(C)c(Br)c(C)c1CNC(N)=O. The Hall–Kier alpha value is -1.23. The Morgan fingerprint density at radius 2 is 1.88 bits per heavy atom. The normalized spacial score (nSPS) is 10.2. The van der Waals surface area contributed by atoms with E-state index in [1.807, 2.05) is 20.8 Å². The van der Waals surface area contributed by atoms with E-state index in [9.17, 15) is 4.79 Å². The van der Waals surface area contributed by atoms with Gasteiger partial charge in [0.05, 0.1) is 7.11 Å². The molecule has 0 spiro atoms. The molecule has 1 rings (SSSR count). The second-order valence-electron chi connectivity index (χ2n) is 3.92. The molecule has 0 fully saturated rings. The number of halogens is 1. The lowest BCUT2D eigenvalue weighted by Crippen LogP contribution is -2.29. The van der Waals surface area contributed by atoms with Crippen LogP contribution in [0.3, 0.4) is 0 Å². The molecule has 1 aromatic rings. The molecule has 0 heterocycles. The molecule has 5 heteroatoms. The molecule has 2 amide bonds. The summed E-state index contributed by atoms with van der Waals surface area (Å²) in [6, 6.07) is -0.541. The third-order valence-electron chi connectivity index (χ3n) is 2.93. The van der Waals surface area contributed by atoms with Crippen molar-refractivity contribution in [3.63, 3.8) is 0 Å². The van der Waals surface area contributed by atoms with Crippen molar-refractivity contribution in [1.29, 1.82) is 0 Å². The van der Waals surface area contributed by atoms with Crippen molar-refractivity contribution in [2.75, 3.05) is 7.11 Å². The van der Waals surface area contributed by atoms with Gasteiger partial charge in [-0.15, -0.1) is 0 Å². The molecule has 0 saturated carbocycles. The van der Waals surface area contributed by atoms with Gasteiger partial charge in [0, 0.05) is 16.6 Å². The number of methoxy groups -OCH3 is 1. The van der Waals surface area contributed by atoms with Gasteiger partial charge in [0.1, 0.15) is 5.75 Å². The highest BCUT2D eigenvalue weighted by atomic mass is 79.9. The first-order chi connectivity index (χ1) is 7.90. The Balaban J connectivity index is 3.31. The van der Waals surface area contributed by atoms with Gasteiger partial charge in [-0.05, 0) is 37.5 Å². The molecule has 0 saturated heterocycles. The second kappa shape index (κ2) is 5.40. The first-order valence-electron chi connectivity index (χ1n) is 5.25. The predicted octanol–water partition coefficient (Wildman–Crippen LogP) is 2.55. The van der Waals surface area contributed by atoms with Gasteiger partial charge >= 0.3 is 6.03 Å². The van der Waals surface area contributed by atoms with E-state index in [2.05, 4.69) is 21.2 Å². The molecule has 17 heavy (non-hydrogen) atoms. The molecule has 0 aliphatic carbocycles. The summed E-state index contributed by atoms with van der Waals surface area (Å²) in [6.45, 7) is 6.37. The molecule has 0 bridgehead atoms. The number of benzene rings is 1. The molecule has 1 aromatic carbocycles. The summed E-state index contributed by atoms with van der Waals surface area (Å²) in [5.74, 6) is 0.803. The Morgan fingerprint density at radius 3 is 2.35 bits per heavy atom. The Kier molecular flexibility index (Phi) is 4.40. The summed E-state index contributed by atoms with van der Waals surface area (Å²) in [5.41, 5.74) is 9.29. The van der Waals surface area contributed by atoms with Crippen LogP contribution in [-0.2, 0) is 6.54 Å². The molecule has 94 valence electrons. The van der Waals surface area contributed by atoms with Crippen molar-refractivity contribution in [3.05, 3.63) is 26.7 Å². The van der Waals surface area contributed by atoms with Gasteiger partial charge in [0.15, 0.2) is 0 Å². The van der Waals surface area contributed by atoms with E-state index in [1.165, 1.54) is 0 Å². The van der Waals surface area contributed by atoms with Crippen molar-refractivity contribution < 1.29 is 9.53 Å². The summed E-state index contributed by atoms with van der Waals surface area (Å²) in [6.07, 6.45) is 0.